The van der Waals surface area contributed by atoms with Crippen LogP contribution in [0.3, 0.4) is 0 Å². The number of hydrogen-bond acceptors (Lipinski definition) is 1. The summed E-state index contributed by atoms with van der Waals surface area (Å²) in [4.78, 5) is 10.9. The average molecular weight is 181 g/mol. The van der Waals surface area contributed by atoms with Crippen LogP contribution >= 0.6 is 0 Å². The Labute approximate surface area is 80.7 Å². The zero-order valence-electron chi connectivity index (χ0n) is 8.76. The van der Waals surface area contributed by atoms with Crippen molar-refractivity contribution in [3.8, 4) is 0 Å². The van der Waals surface area contributed by atoms with E-state index in [2.05, 4.69) is 18.3 Å². The minimum atomic E-state index is 0.104. The molecule has 0 unspecified atom stereocenters. The Bertz CT molecular complexity index is 204. The first kappa shape index (κ1) is 11.9. The lowest BCUT2D eigenvalue weighted by Gasteiger charge is -2.01. The van der Waals surface area contributed by atoms with Crippen LogP contribution in [0.2, 0.25) is 0 Å². The lowest BCUT2D eigenvalue weighted by molar-refractivity contribution is -0.120. The van der Waals surface area contributed by atoms with Crippen LogP contribution in [0.5, 0.6) is 0 Å². The van der Waals surface area contributed by atoms with Gasteiger partial charge in [-0.2, -0.15) is 0 Å². The van der Waals surface area contributed by atoms with Gasteiger partial charge in [0.2, 0.25) is 5.91 Å². The number of hydrogen-bond donors (Lipinski definition) is 1. The summed E-state index contributed by atoms with van der Waals surface area (Å²) in [6, 6.07) is 0. The monoisotopic (exact) mass is 181 g/mol. The van der Waals surface area contributed by atoms with Gasteiger partial charge in [-0.05, 0) is 13.3 Å². The second kappa shape index (κ2) is 7.59. The Balaban J connectivity index is 3.73. The van der Waals surface area contributed by atoms with Gasteiger partial charge in [0.05, 0.1) is 0 Å². The second-order valence-electron chi connectivity index (χ2n) is 2.98. The topological polar surface area (TPSA) is 29.1 Å². The van der Waals surface area contributed by atoms with Crippen molar-refractivity contribution in [3.63, 3.8) is 0 Å². The molecule has 1 amide bonds. The first-order valence-corrected chi connectivity index (χ1v) is 4.79. The van der Waals surface area contributed by atoms with E-state index in [1.807, 2.05) is 26.0 Å². The van der Waals surface area contributed by atoms with E-state index in [-0.39, 0.29) is 5.91 Å². The summed E-state index contributed by atoms with van der Waals surface area (Å²) in [7, 11) is 0. The molecule has 0 fully saturated rings. The zero-order chi connectivity index (χ0) is 10.1. The van der Waals surface area contributed by atoms with Gasteiger partial charge in [0.1, 0.15) is 0 Å². The van der Waals surface area contributed by atoms with E-state index in [0.717, 1.165) is 6.42 Å². The van der Waals surface area contributed by atoms with Crippen molar-refractivity contribution in [2.75, 3.05) is 6.54 Å². The molecule has 13 heavy (non-hydrogen) atoms. The van der Waals surface area contributed by atoms with Crippen molar-refractivity contribution in [1.82, 2.24) is 5.32 Å². The number of carbonyl (C=O) groups is 1. The molecule has 0 aromatic rings. The SMILES string of the molecule is CC/C=C\C=C(/C)CNC(=O)CC. The van der Waals surface area contributed by atoms with Crippen LogP contribution < -0.4 is 5.32 Å². The average Bonchev–Trinajstić information content (AvgIpc) is 2.14. The summed E-state index contributed by atoms with van der Waals surface area (Å²) in [5.74, 6) is 0.104. The molecule has 0 saturated heterocycles. The molecule has 0 radical (unpaired) electrons. The third-order valence-corrected chi connectivity index (χ3v) is 1.64. The Morgan fingerprint density at radius 1 is 1.38 bits per heavy atom. The molecule has 0 heterocycles. The summed E-state index contributed by atoms with van der Waals surface area (Å²) in [5.41, 5.74) is 1.17. The second-order valence-corrected chi connectivity index (χ2v) is 2.98. The molecule has 1 N–H and O–H groups in total. The fourth-order valence-corrected chi connectivity index (χ4v) is 0.790. The van der Waals surface area contributed by atoms with Crippen LogP contribution in [0.4, 0.5) is 0 Å². The molecule has 0 rings (SSSR count). The Hall–Kier alpha value is -1.05. The largest absolute Gasteiger partial charge is 0.352 e. The number of carbonyl (C=O) groups excluding carboxylic acids is 1. The van der Waals surface area contributed by atoms with Crippen molar-refractivity contribution in [3.05, 3.63) is 23.8 Å². The smallest absolute Gasteiger partial charge is 0.219 e. The van der Waals surface area contributed by atoms with E-state index < -0.39 is 0 Å². The summed E-state index contributed by atoms with van der Waals surface area (Å²) >= 11 is 0. The molecule has 0 aliphatic heterocycles. The molecular weight excluding hydrogens is 162 g/mol. The Morgan fingerprint density at radius 3 is 2.62 bits per heavy atom. The lowest BCUT2D eigenvalue weighted by Crippen LogP contribution is -2.23. The van der Waals surface area contributed by atoms with Crippen LogP contribution in [0.1, 0.15) is 33.6 Å². The minimum Gasteiger partial charge on any atom is -0.352 e. The van der Waals surface area contributed by atoms with Gasteiger partial charge in [-0.3, -0.25) is 4.79 Å². The van der Waals surface area contributed by atoms with Gasteiger partial charge >= 0.3 is 0 Å². The van der Waals surface area contributed by atoms with E-state index >= 15 is 0 Å². The molecule has 2 heteroatoms. The van der Waals surface area contributed by atoms with Gasteiger partial charge in [0, 0.05) is 13.0 Å². The fraction of sp³-hybridized carbons (Fsp3) is 0.545. The summed E-state index contributed by atoms with van der Waals surface area (Å²) in [5, 5.41) is 2.82. The maximum Gasteiger partial charge on any atom is 0.219 e. The molecule has 0 aromatic heterocycles. The van der Waals surface area contributed by atoms with E-state index in [1.165, 1.54) is 5.57 Å². The first-order valence-electron chi connectivity index (χ1n) is 4.79. The molecule has 0 atom stereocenters. The third kappa shape index (κ3) is 7.32. The van der Waals surface area contributed by atoms with Gasteiger partial charge in [-0.25, -0.2) is 0 Å². The maximum atomic E-state index is 10.9. The highest BCUT2D eigenvalue weighted by Gasteiger charge is 1.94. The van der Waals surface area contributed by atoms with Crippen LogP contribution in [-0.2, 0) is 4.79 Å². The Morgan fingerprint density at radius 2 is 2.08 bits per heavy atom. The van der Waals surface area contributed by atoms with E-state index in [1.54, 1.807) is 0 Å². The quantitative estimate of drug-likeness (QED) is 0.648. The molecule has 0 aliphatic carbocycles. The van der Waals surface area contributed by atoms with E-state index in [4.69, 9.17) is 0 Å². The summed E-state index contributed by atoms with van der Waals surface area (Å²) < 4.78 is 0. The molecule has 2 nitrogen and oxygen atoms in total. The number of nitrogens with one attached hydrogen (secondary N) is 1. The molecule has 74 valence electrons. The van der Waals surface area contributed by atoms with Gasteiger partial charge in [0.25, 0.3) is 0 Å². The summed E-state index contributed by atoms with van der Waals surface area (Å²) in [6.45, 7) is 6.61. The van der Waals surface area contributed by atoms with Gasteiger partial charge in [-0.15, -0.1) is 0 Å². The zero-order valence-corrected chi connectivity index (χ0v) is 8.76. The highest BCUT2D eigenvalue weighted by Crippen LogP contribution is 1.92. The number of allylic oxidation sites excluding steroid dienone is 3. The van der Waals surface area contributed by atoms with Crippen molar-refractivity contribution in [2.24, 2.45) is 0 Å². The highest BCUT2D eigenvalue weighted by atomic mass is 16.1. The Kier molecular flexibility index (Phi) is 6.98. The molecule has 0 spiro atoms. The van der Waals surface area contributed by atoms with E-state index in [9.17, 15) is 4.79 Å². The van der Waals surface area contributed by atoms with Crippen LogP contribution in [0, 0.1) is 0 Å². The minimum absolute atomic E-state index is 0.104. The van der Waals surface area contributed by atoms with Gasteiger partial charge < -0.3 is 5.32 Å². The normalized spacial score (nSPS) is 12.1. The fourth-order valence-electron chi connectivity index (χ4n) is 0.790. The first-order chi connectivity index (χ1) is 6.20. The molecule has 0 aliphatic rings. The third-order valence-electron chi connectivity index (χ3n) is 1.64. The van der Waals surface area contributed by atoms with Crippen LogP contribution in [0.25, 0.3) is 0 Å². The van der Waals surface area contributed by atoms with Crippen molar-refractivity contribution in [2.45, 2.75) is 33.6 Å². The van der Waals surface area contributed by atoms with Gasteiger partial charge in [-0.1, -0.05) is 37.6 Å². The molecule has 0 bridgehead atoms. The van der Waals surface area contributed by atoms with Crippen LogP contribution in [0.15, 0.2) is 23.8 Å². The van der Waals surface area contributed by atoms with Crippen molar-refractivity contribution < 1.29 is 4.79 Å². The molecular formula is C11H19NO. The van der Waals surface area contributed by atoms with Gasteiger partial charge in [0.15, 0.2) is 0 Å². The number of rotatable bonds is 5. The lowest BCUT2D eigenvalue weighted by atomic mass is 10.2. The van der Waals surface area contributed by atoms with Crippen molar-refractivity contribution >= 4 is 5.91 Å². The molecule has 0 saturated carbocycles. The number of amides is 1. The standard InChI is InChI=1S/C11H19NO/c1-4-6-7-8-10(3)9-12-11(13)5-2/h6-8H,4-5,9H2,1-3H3,(H,12,13)/b7-6-,10-8+. The van der Waals surface area contributed by atoms with Crippen LogP contribution in [-0.4, -0.2) is 12.5 Å². The highest BCUT2D eigenvalue weighted by molar-refractivity contribution is 5.75. The summed E-state index contributed by atoms with van der Waals surface area (Å²) in [6.07, 6.45) is 7.74. The van der Waals surface area contributed by atoms with E-state index in [0.29, 0.717) is 13.0 Å². The predicted molar refractivity (Wildman–Crippen MR) is 56.5 cm³/mol. The maximum absolute atomic E-state index is 10.9. The van der Waals surface area contributed by atoms with Crippen molar-refractivity contribution in [1.29, 1.82) is 0 Å². The molecule has 0 aromatic carbocycles. The predicted octanol–water partition coefficient (Wildman–Crippen LogP) is 2.43.